The molecule has 1 amide bonds. The van der Waals surface area contributed by atoms with Gasteiger partial charge in [0, 0.05) is 11.3 Å². The van der Waals surface area contributed by atoms with Crippen LogP contribution in [0.1, 0.15) is 41.0 Å². The van der Waals surface area contributed by atoms with Gasteiger partial charge >= 0.3 is 6.09 Å². The van der Waals surface area contributed by atoms with Crippen LogP contribution in [0.4, 0.5) is 13.6 Å². The Labute approximate surface area is 138 Å². The fourth-order valence-electron chi connectivity index (χ4n) is 2.44. The average molecular weight is 354 g/mol. The maximum Gasteiger partial charge on any atom is 0.412 e. The molecule has 1 aliphatic rings. The number of aliphatic hydroxyl groups is 1. The molecular weight excluding hydrogens is 330 g/mol. The SMILES string of the molecule is CC(C)(C)OC(=O)N1C(CC(F)(F)C(O)C[N+](=O)[O-])COC1(C)C. The number of nitrogens with zero attached hydrogens (tertiary/aromatic N) is 2. The third-order valence-electron chi connectivity index (χ3n) is 3.48. The lowest BCUT2D eigenvalue weighted by molar-refractivity contribution is -0.497. The molecule has 24 heavy (non-hydrogen) atoms. The summed E-state index contributed by atoms with van der Waals surface area (Å²) < 4.78 is 38.7. The maximum atomic E-state index is 14.1. The molecule has 8 nitrogen and oxygen atoms in total. The first-order chi connectivity index (χ1) is 10.7. The second-order valence-corrected chi connectivity index (χ2v) is 7.26. The predicted molar refractivity (Wildman–Crippen MR) is 79.3 cm³/mol. The second kappa shape index (κ2) is 6.75. The fourth-order valence-corrected chi connectivity index (χ4v) is 2.44. The Hall–Kier alpha value is -1.55. The highest BCUT2D eigenvalue weighted by molar-refractivity contribution is 5.69. The molecule has 0 saturated carbocycles. The molecule has 1 rings (SSSR count). The highest BCUT2D eigenvalue weighted by Crippen LogP contribution is 2.36. The lowest BCUT2D eigenvalue weighted by Gasteiger charge is -2.36. The quantitative estimate of drug-likeness (QED) is 0.599. The summed E-state index contributed by atoms with van der Waals surface area (Å²) in [7, 11) is 0. The molecule has 1 heterocycles. The molecular formula is C14H24F2N2O6. The van der Waals surface area contributed by atoms with Crippen LogP contribution in [-0.2, 0) is 9.47 Å². The van der Waals surface area contributed by atoms with E-state index < -0.39 is 53.4 Å². The lowest BCUT2D eigenvalue weighted by atomic mass is 10.0. The Morgan fingerprint density at radius 1 is 1.50 bits per heavy atom. The van der Waals surface area contributed by atoms with Gasteiger partial charge in [0.1, 0.15) is 11.3 Å². The van der Waals surface area contributed by atoms with Crippen LogP contribution in [0.15, 0.2) is 0 Å². The largest absolute Gasteiger partial charge is 0.444 e. The first-order valence-electron chi connectivity index (χ1n) is 7.50. The standard InChI is InChI=1S/C14H24F2N2O6/c1-12(2,3)24-11(20)18-9(8-23-13(18,4)5)6-14(15,16)10(19)7-17(21)22/h9-10,19H,6-8H2,1-5H3. The van der Waals surface area contributed by atoms with Crippen LogP contribution in [0.5, 0.6) is 0 Å². The van der Waals surface area contributed by atoms with E-state index in [9.17, 15) is 28.8 Å². The van der Waals surface area contributed by atoms with E-state index >= 15 is 0 Å². The minimum absolute atomic E-state index is 0.187. The van der Waals surface area contributed by atoms with Crippen LogP contribution >= 0.6 is 0 Å². The minimum atomic E-state index is -3.75. The average Bonchev–Trinajstić information content (AvgIpc) is 2.60. The number of hydrogen-bond donors (Lipinski definition) is 1. The van der Waals surface area contributed by atoms with Gasteiger partial charge in [0.05, 0.1) is 12.6 Å². The van der Waals surface area contributed by atoms with Crippen LogP contribution in [0.25, 0.3) is 0 Å². The molecule has 140 valence electrons. The lowest BCUT2D eigenvalue weighted by Crippen LogP contribution is -2.52. The maximum absolute atomic E-state index is 14.1. The second-order valence-electron chi connectivity index (χ2n) is 7.26. The molecule has 0 bridgehead atoms. The van der Waals surface area contributed by atoms with Gasteiger partial charge in [0.25, 0.3) is 5.92 Å². The number of rotatable bonds is 5. The molecule has 1 N–H and O–H groups in total. The number of alkyl halides is 2. The van der Waals surface area contributed by atoms with E-state index in [4.69, 9.17) is 9.47 Å². The van der Waals surface area contributed by atoms with Crippen molar-refractivity contribution in [3.63, 3.8) is 0 Å². The number of amides is 1. The van der Waals surface area contributed by atoms with Crippen molar-refractivity contribution in [2.24, 2.45) is 0 Å². The van der Waals surface area contributed by atoms with Gasteiger partial charge in [-0.2, -0.15) is 0 Å². The fraction of sp³-hybridized carbons (Fsp3) is 0.929. The molecule has 0 radical (unpaired) electrons. The highest BCUT2D eigenvalue weighted by Gasteiger charge is 2.52. The third-order valence-corrected chi connectivity index (χ3v) is 3.48. The van der Waals surface area contributed by atoms with Crippen molar-refractivity contribution in [2.75, 3.05) is 13.2 Å². The Balaban J connectivity index is 2.92. The van der Waals surface area contributed by atoms with Crippen molar-refractivity contribution in [1.82, 2.24) is 4.90 Å². The number of aliphatic hydroxyl groups excluding tert-OH is 1. The first-order valence-corrected chi connectivity index (χ1v) is 7.50. The van der Waals surface area contributed by atoms with Gasteiger partial charge in [0.15, 0.2) is 6.10 Å². The van der Waals surface area contributed by atoms with Crippen molar-refractivity contribution in [1.29, 1.82) is 0 Å². The Kier molecular flexibility index (Phi) is 5.77. The van der Waals surface area contributed by atoms with E-state index in [-0.39, 0.29) is 6.61 Å². The summed E-state index contributed by atoms with van der Waals surface area (Å²) in [5.74, 6) is -3.75. The summed E-state index contributed by atoms with van der Waals surface area (Å²) >= 11 is 0. The molecule has 1 fully saturated rings. The summed E-state index contributed by atoms with van der Waals surface area (Å²) in [6.45, 7) is 6.51. The van der Waals surface area contributed by atoms with Crippen LogP contribution in [0, 0.1) is 10.1 Å². The molecule has 0 spiro atoms. The summed E-state index contributed by atoms with van der Waals surface area (Å²) in [6, 6.07) is -1.08. The first kappa shape index (κ1) is 20.5. The summed E-state index contributed by atoms with van der Waals surface area (Å²) in [5.41, 5.74) is -1.99. The zero-order valence-electron chi connectivity index (χ0n) is 14.4. The summed E-state index contributed by atoms with van der Waals surface area (Å²) in [6.07, 6.45) is -4.24. The van der Waals surface area contributed by atoms with E-state index in [2.05, 4.69) is 0 Å². The van der Waals surface area contributed by atoms with Crippen molar-refractivity contribution < 1.29 is 33.1 Å². The highest BCUT2D eigenvalue weighted by atomic mass is 19.3. The van der Waals surface area contributed by atoms with Gasteiger partial charge in [-0.3, -0.25) is 15.0 Å². The normalized spacial score (nSPS) is 22.3. The number of carbonyl (C=O) groups excluding carboxylic acids is 1. The van der Waals surface area contributed by atoms with Crippen molar-refractivity contribution in [3.8, 4) is 0 Å². The monoisotopic (exact) mass is 354 g/mol. The number of hydrogen-bond acceptors (Lipinski definition) is 6. The van der Waals surface area contributed by atoms with E-state index in [1.807, 2.05) is 0 Å². The van der Waals surface area contributed by atoms with Crippen LogP contribution in [-0.4, -0.2) is 63.6 Å². The number of nitro groups is 1. The van der Waals surface area contributed by atoms with Crippen LogP contribution in [0.2, 0.25) is 0 Å². The summed E-state index contributed by atoms with van der Waals surface area (Å²) in [5, 5.41) is 19.7. The Morgan fingerprint density at radius 3 is 2.50 bits per heavy atom. The summed E-state index contributed by atoms with van der Waals surface area (Å²) in [4.78, 5) is 22.7. The zero-order valence-corrected chi connectivity index (χ0v) is 14.4. The number of carbonyl (C=O) groups is 1. The van der Waals surface area contributed by atoms with Gasteiger partial charge in [-0.1, -0.05) is 0 Å². The van der Waals surface area contributed by atoms with Gasteiger partial charge < -0.3 is 14.6 Å². The third kappa shape index (κ3) is 5.23. The van der Waals surface area contributed by atoms with Crippen molar-refractivity contribution >= 4 is 6.09 Å². The minimum Gasteiger partial charge on any atom is -0.444 e. The van der Waals surface area contributed by atoms with Gasteiger partial charge in [0.2, 0.25) is 6.54 Å². The van der Waals surface area contributed by atoms with E-state index in [1.165, 1.54) is 13.8 Å². The molecule has 1 aliphatic heterocycles. The molecule has 0 aliphatic carbocycles. The molecule has 0 aromatic heterocycles. The number of ether oxygens (including phenoxy) is 2. The molecule has 2 atom stereocenters. The molecule has 0 aromatic rings. The predicted octanol–water partition coefficient (Wildman–Crippen LogP) is 2.02. The molecule has 2 unspecified atom stereocenters. The van der Waals surface area contributed by atoms with E-state index in [0.29, 0.717) is 0 Å². The Bertz CT molecular complexity index is 492. The number of halogens is 2. The van der Waals surface area contributed by atoms with E-state index in [0.717, 1.165) is 4.90 Å². The van der Waals surface area contributed by atoms with Gasteiger partial charge in [-0.25, -0.2) is 13.6 Å². The van der Waals surface area contributed by atoms with Gasteiger partial charge in [-0.15, -0.1) is 0 Å². The smallest absolute Gasteiger partial charge is 0.412 e. The zero-order chi connectivity index (χ0) is 18.9. The molecule has 1 saturated heterocycles. The Morgan fingerprint density at radius 2 is 2.04 bits per heavy atom. The van der Waals surface area contributed by atoms with Crippen LogP contribution in [0.3, 0.4) is 0 Å². The van der Waals surface area contributed by atoms with E-state index in [1.54, 1.807) is 20.8 Å². The van der Waals surface area contributed by atoms with Gasteiger partial charge in [-0.05, 0) is 34.6 Å². The molecule has 10 heteroatoms. The molecule has 0 aromatic carbocycles. The topological polar surface area (TPSA) is 102 Å². The van der Waals surface area contributed by atoms with Crippen molar-refractivity contribution in [2.45, 2.75) is 70.4 Å². The van der Waals surface area contributed by atoms with Crippen LogP contribution < -0.4 is 0 Å². The van der Waals surface area contributed by atoms with Crippen molar-refractivity contribution in [3.05, 3.63) is 10.1 Å².